The molecule has 1 aromatic heterocycles. The van der Waals surface area contributed by atoms with Gasteiger partial charge >= 0.3 is 124 Å². The monoisotopic (exact) mass is 337 g/mol. The molecule has 0 spiro atoms. The Labute approximate surface area is 124 Å². The molecular weight excluding hydrogens is 321 g/mol. The zero-order valence-corrected chi connectivity index (χ0v) is 14.0. The molecule has 0 N–H and O–H groups in total. The second kappa shape index (κ2) is 5.63. The van der Waals surface area contributed by atoms with Gasteiger partial charge in [0.1, 0.15) is 0 Å². The molecule has 1 heterocycles. The standard InChI is InChI=1S/C15H15ClFGeN/c1-15(2,3)18-11-4-5-12(13(17)9-11)10-6-7-19-14(16)8-10/h4-9H,1-3H3. The van der Waals surface area contributed by atoms with Gasteiger partial charge in [0.15, 0.2) is 0 Å². The van der Waals surface area contributed by atoms with Gasteiger partial charge in [-0.15, -0.1) is 0 Å². The molecule has 1 aromatic carbocycles. The number of aromatic nitrogens is 1. The Kier molecular flexibility index (Phi) is 4.31. The van der Waals surface area contributed by atoms with Gasteiger partial charge in [-0.3, -0.25) is 0 Å². The van der Waals surface area contributed by atoms with Crippen LogP contribution in [0.2, 0.25) is 9.40 Å². The maximum absolute atomic E-state index is 14.2. The van der Waals surface area contributed by atoms with Gasteiger partial charge in [-0.1, -0.05) is 0 Å². The molecule has 19 heavy (non-hydrogen) atoms. The maximum atomic E-state index is 14.2. The number of halogens is 2. The molecule has 0 aliphatic carbocycles. The van der Waals surface area contributed by atoms with Crippen LogP contribution in [0.15, 0.2) is 36.5 Å². The van der Waals surface area contributed by atoms with Gasteiger partial charge in [-0.05, 0) is 0 Å². The molecule has 0 amide bonds. The van der Waals surface area contributed by atoms with Gasteiger partial charge in [0, 0.05) is 0 Å². The normalized spacial score (nSPS) is 11.6. The molecule has 0 saturated heterocycles. The first-order valence-electron chi connectivity index (χ1n) is 6.05. The van der Waals surface area contributed by atoms with Crippen molar-refractivity contribution in [1.29, 1.82) is 0 Å². The molecule has 0 aliphatic rings. The van der Waals surface area contributed by atoms with E-state index < -0.39 is 0 Å². The van der Waals surface area contributed by atoms with E-state index in [0.717, 1.165) is 9.96 Å². The summed E-state index contributed by atoms with van der Waals surface area (Å²) in [5, 5.41) is 0.379. The van der Waals surface area contributed by atoms with Gasteiger partial charge < -0.3 is 0 Å². The van der Waals surface area contributed by atoms with Crippen LogP contribution in [0.3, 0.4) is 0 Å². The van der Waals surface area contributed by atoms with E-state index in [9.17, 15) is 4.39 Å². The molecule has 1 nitrogen and oxygen atoms in total. The Balaban J connectivity index is 2.34. The number of hydrogen-bond donors (Lipinski definition) is 0. The molecule has 0 bridgehead atoms. The second-order valence-corrected chi connectivity index (χ2v) is 10.7. The average molecular weight is 336 g/mol. The molecule has 0 unspecified atom stereocenters. The van der Waals surface area contributed by atoms with Crippen LogP contribution in [0.4, 0.5) is 4.39 Å². The fourth-order valence-corrected chi connectivity index (χ4v) is 4.59. The van der Waals surface area contributed by atoms with Crippen LogP contribution in [-0.2, 0) is 0 Å². The van der Waals surface area contributed by atoms with Crippen molar-refractivity contribution in [3.63, 3.8) is 0 Å². The molecule has 0 saturated carbocycles. The summed E-state index contributed by atoms with van der Waals surface area (Å²) in [5.74, 6) is -0.187. The quantitative estimate of drug-likeness (QED) is 0.595. The Morgan fingerprint density at radius 1 is 1.16 bits per heavy atom. The fraction of sp³-hybridized carbons (Fsp3) is 0.267. The molecule has 2 radical (unpaired) electrons. The third-order valence-corrected chi connectivity index (χ3v) is 5.56. The summed E-state index contributed by atoms with van der Waals surface area (Å²) in [7, 11) is 0. The van der Waals surface area contributed by atoms with Gasteiger partial charge in [0.25, 0.3) is 0 Å². The molecule has 2 aromatic rings. The summed E-state index contributed by atoms with van der Waals surface area (Å²) in [6.07, 6.45) is 1.59. The number of rotatable bonds is 2. The van der Waals surface area contributed by atoms with Crippen molar-refractivity contribution >= 4 is 31.4 Å². The van der Waals surface area contributed by atoms with Crippen molar-refractivity contribution in [1.82, 2.24) is 4.98 Å². The van der Waals surface area contributed by atoms with Crippen LogP contribution in [0, 0.1) is 5.82 Å². The topological polar surface area (TPSA) is 12.9 Å². The van der Waals surface area contributed by atoms with Crippen molar-refractivity contribution in [3.8, 4) is 11.1 Å². The predicted molar refractivity (Wildman–Crippen MR) is 79.7 cm³/mol. The van der Waals surface area contributed by atoms with E-state index in [2.05, 4.69) is 25.8 Å². The van der Waals surface area contributed by atoms with Crippen LogP contribution in [0.25, 0.3) is 11.1 Å². The first-order chi connectivity index (χ1) is 8.85. The third-order valence-electron chi connectivity index (χ3n) is 2.53. The minimum absolute atomic E-state index is 0.187. The average Bonchev–Trinajstić information content (AvgIpc) is 2.26. The van der Waals surface area contributed by atoms with Crippen molar-refractivity contribution < 1.29 is 4.39 Å². The predicted octanol–water partition coefficient (Wildman–Crippen LogP) is 4.09. The van der Waals surface area contributed by atoms with Gasteiger partial charge in [-0.2, -0.15) is 0 Å². The SMILES string of the molecule is C[C](C)(C)[Ge][c]1ccc(-c2ccnc(Cl)c2)c(F)c1. The summed E-state index contributed by atoms with van der Waals surface area (Å²) in [5.41, 5.74) is 1.34. The van der Waals surface area contributed by atoms with Crippen molar-refractivity contribution in [2.45, 2.75) is 25.0 Å². The molecular formula is C15H15ClFGeN. The Bertz CT molecular complexity index is 593. The second-order valence-electron chi connectivity index (χ2n) is 5.44. The third kappa shape index (κ3) is 4.05. The Hall–Kier alpha value is -0.867. The van der Waals surface area contributed by atoms with Crippen LogP contribution in [0.5, 0.6) is 0 Å². The minimum atomic E-state index is -0.344. The molecule has 4 heteroatoms. The van der Waals surface area contributed by atoms with E-state index in [4.69, 9.17) is 11.6 Å². The molecule has 2 rings (SSSR count). The van der Waals surface area contributed by atoms with Gasteiger partial charge in [-0.25, -0.2) is 0 Å². The van der Waals surface area contributed by atoms with E-state index in [-0.39, 0.29) is 25.5 Å². The van der Waals surface area contributed by atoms with Crippen LogP contribution >= 0.6 is 11.6 Å². The molecule has 0 aliphatic heterocycles. The fourth-order valence-electron chi connectivity index (χ4n) is 1.83. The summed E-state index contributed by atoms with van der Waals surface area (Å²) in [4.78, 5) is 3.91. The first kappa shape index (κ1) is 14.5. The summed E-state index contributed by atoms with van der Waals surface area (Å²) < 4.78 is 15.6. The van der Waals surface area contributed by atoms with Crippen molar-refractivity contribution in [2.24, 2.45) is 0 Å². The summed E-state index contributed by atoms with van der Waals surface area (Å²) in [6, 6.07) is 8.97. The Morgan fingerprint density at radius 3 is 2.47 bits per heavy atom. The number of benzene rings is 1. The summed E-state index contributed by atoms with van der Waals surface area (Å²) >= 11 is 5.49. The summed E-state index contributed by atoms with van der Waals surface area (Å²) in [6.45, 7) is 6.59. The van der Waals surface area contributed by atoms with Crippen LogP contribution < -0.4 is 4.40 Å². The van der Waals surface area contributed by atoms with E-state index in [1.807, 2.05) is 12.1 Å². The zero-order chi connectivity index (χ0) is 14.0. The van der Waals surface area contributed by atoms with Crippen LogP contribution in [0.1, 0.15) is 20.8 Å². The van der Waals surface area contributed by atoms with Gasteiger partial charge in [0.05, 0.1) is 0 Å². The molecule has 0 atom stereocenters. The van der Waals surface area contributed by atoms with Crippen molar-refractivity contribution in [3.05, 3.63) is 47.5 Å². The molecule has 0 fully saturated rings. The van der Waals surface area contributed by atoms with E-state index >= 15 is 0 Å². The van der Waals surface area contributed by atoms with Crippen LogP contribution in [-0.4, -0.2) is 20.4 Å². The van der Waals surface area contributed by atoms with Crippen molar-refractivity contribution in [2.75, 3.05) is 0 Å². The van der Waals surface area contributed by atoms with Gasteiger partial charge in [0.2, 0.25) is 0 Å². The number of pyridine rings is 1. The first-order valence-corrected chi connectivity index (χ1v) is 8.52. The molecule has 98 valence electrons. The van der Waals surface area contributed by atoms with E-state index in [1.54, 1.807) is 24.4 Å². The van der Waals surface area contributed by atoms with E-state index in [0.29, 0.717) is 10.7 Å². The van der Waals surface area contributed by atoms with E-state index in [1.165, 1.54) is 0 Å². The number of hydrogen-bond acceptors (Lipinski definition) is 1. The Morgan fingerprint density at radius 2 is 1.89 bits per heavy atom. The zero-order valence-electron chi connectivity index (χ0n) is 11.2. The number of nitrogens with zero attached hydrogens (tertiary/aromatic N) is 1.